The van der Waals surface area contributed by atoms with Crippen LogP contribution in [0, 0.1) is 0 Å². The highest BCUT2D eigenvalue weighted by atomic mass is 35.5. The second kappa shape index (κ2) is 7.88. The molecule has 1 N–H and O–H groups in total. The normalized spacial score (nSPS) is 10.5. The second-order valence-electron chi connectivity index (χ2n) is 4.51. The van der Waals surface area contributed by atoms with Crippen molar-refractivity contribution in [3.05, 3.63) is 58.9 Å². The molecule has 0 aliphatic rings. The molecule has 2 rings (SSSR count). The minimum absolute atomic E-state index is 0.422. The standard InChI is InChI=1S/C16H19ClN2O/c1-2-9-18-11-13-6-5-8-15(17)16(13)20-12-14-7-3-4-10-19-14/h3-8,10,18H,2,9,11-12H2,1H3. The van der Waals surface area contributed by atoms with Crippen molar-refractivity contribution in [2.45, 2.75) is 26.5 Å². The maximum absolute atomic E-state index is 6.24. The minimum Gasteiger partial charge on any atom is -0.485 e. The predicted octanol–water partition coefficient (Wildman–Crippen LogP) is 3.81. The summed E-state index contributed by atoms with van der Waals surface area (Å²) in [5, 5.41) is 4.00. The van der Waals surface area contributed by atoms with Gasteiger partial charge < -0.3 is 10.1 Å². The summed E-state index contributed by atoms with van der Waals surface area (Å²) < 4.78 is 5.85. The van der Waals surface area contributed by atoms with Crippen molar-refractivity contribution in [3.8, 4) is 5.75 Å². The molecule has 4 heteroatoms. The highest BCUT2D eigenvalue weighted by molar-refractivity contribution is 6.32. The van der Waals surface area contributed by atoms with Crippen LogP contribution >= 0.6 is 11.6 Å². The fourth-order valence-corrected chi connectivity index (χ4v) is 2.13. The van der Waals surface area contributed by atoms with Crippen LogP contribution in [0.2, 0.25) is 5.02 Å². The number of hydrogen-bond acceptors (Lipinski definition) is 3. The Hall–Kier alpha value is -1.58. The van der Waals surface area contributed by atoms with E-state index in [1.54, 1.807) is 6.20 Å². The topological polar surface area (TPSA) is 34.1 Å². The lowest BCUT2D eigenvalue weighted by Crippen LogP contribution is -2.14. The fourth-order valence-electron chi connectivity index (χ4n) is 1.88. The Balaban J connectivity index is 2.05. The second-order valence-corrected chi connectivity index (χ2v) is 4.92. The van der Waals surface area contributed by atoms with Crippen LogP contribution in [0.4, 0.5) is 0 Å². The Labute approximate surface area is 124 Å². The van der Waals surface area contributed by atoms with E-state index < -0.39 is 0 Å². The van der Waals surface area contributed by atoms with Gasteiger partial charge in [-0.1, -0.05) is 36.7 Å². The third-order valence-electron chi connectivity index (χ3n) is 2.88. The molecule has 0 spiro atoms. The van der Waals surface area contributed by atoms with E-state index in [1.165, 1.54) is 0 Å². The number of nitrogens with zero attached hydrogens (tertiary/aromatic N) is 1. The van der Waals surface area contributed by atoms with E-state index in [1.807, 2.05) is 36.4 Å². The monoisotopic (exact) mass is 290 g/mol. The fraction of sp³-hybridized carbons (Fsp3) is 0.312. The van der Waals surface area contributed by atoms with Gasteiger partial charge in [-0.2, -0.15) is 0 Å². The van der Waals surface area contributed by atoms with Crippen LogP contribution in [-0.4, -0.2) is 11.5 Å². The van der Waals surface area contributed by atoms with E-state index in [4.69, 9.17) is 16.3 Å². The third kappa shape index (κ3) is 4.22. The van der Waals surface area contributed by atoms with Crippen LogP contribution in [0.5, 0.6) is 5.75 Å². The van der Waals surface area contributed by atoms with Gasteiger partial charge in [-0.3, -0.25) is 4.98 Å². The molecule has 1 aromatic carbocycles. The van der Waals surface area contributed by atoms with Crippen LogP contribution in [0.3, 0.4) is 0 Å². The summed E-state index contributed by atoms with van der Waals surface area (Å²) in [6.07, 6.45) is 2.86. The van der Waals surface area contributed by atoms with Crippen LogP contribution in [0.1, 0.15) is 24.6 Å². The van der Waals surface area contributed by atoms with Crippen molar-refractivity contribution in [2.24, 2.45) is 0 Å². The maximum Gasteiger partial charge on any atom is 0.142 e. The highest BCUT2D eigenvalue weighted by Crippen LogP contribution is 2.29. The molecule has 3 nitrogen and oxygen atoms in total. The highest BCUT2D eigenvalue weighted by Gasteiger charge is 2.08. The van der Waals surface area contributed by atoms with Crippen molar-refractivity contribution < 1.29 is 4.74 Å². The van der Waals surface area contributed by atoms with Gasteiger partial charge in [0, 0.05) is 18.3 Å². The zero-order chi connectivity index (χ0) is 14.2. The Bertz CT molecular complexity index is 531. The lowest BCUT2D eigenvalue weighted by Gasteiger charge is -2.13. The molecule has 20 heavy (non-hydrogen) atoms. The molecule has 0 unspecified atom stereocenters. The molecule has 106 valence electrons. The van der Waals surface area contributed by atoms with Crippen LogP contribution in [-0.2, 0) is 13.2 Å². The first-order valence-corrected chi connectivity index (χ1v) is 7.20. The lowest BCUT2D eigenvalue weighted by atomic mass is 10.2. The summed E-state index contributed by atoms with van der Waals surface area (Å²) in [4.78, 5) is 4.24. The first-order valence-electron chi connectivity index (χ1n) is 6.82. The van der Waals surface area contributed by atoms with Crippen molar-refractivity contribution in [1.82, 2.24) is 10.3 Å². The predicted molar refractivity (Wildman–Crippen MR) is 82.0 cm³/mol. The first kappa shape index (κ1) is 14.8. The number of ether oxygens (including phenoxy) is 1. The summed E-state index contributed by atoms with van der Waals surface area (Å²) in [5.74, 6) is 0.739. The summed E-state index contributed by atoms with van der Waals surface area (Å²) in [7, 11) is 0. The number of para-hydroxylation sites is 1. The van der Waals surface area contributed by atoms with Crippen molar-refractivity contribution in [3.63, 3.8) is 0 Å². The van der Waals surface area contributed by atoms with Gasteiger partial charge in [0.25, 0.3) is 0 Å². The van der Waals surface area contributed by atoms with Crippen LogP contribution in [0.15, 0.2) is 42.6 Å². The first-order chi connectivity index (χ1) is 9.81. The molecule has 0 saturated carbocycles. The van der Waals surface area contributed by atoms with Gasteiger partial charge in [0.1, 0.15) is 12.4 Å². The molecule has 0 radical (unpaired) electrons. The molecule has 0 bridgehead atoms. The van der Waals surface area contributed by atoms with E-state index in [0.29, 0.717) is 11.6 Å². The van der Waals surface area contributed by atoms with Crippen LogP contribution in [0.25, 0.3) is 0 Å². The summed E-state index contributed by atoms with van der Waals surface area (Å²) in [5.41, 5.74) is 1.96. The van der Waals surface area contributed by atoms with Gasteiger partial charge in [0.05, 0.1) is 10.7 Å². The van der Waals surface area contributed by atoms with Crippen molar-refractivity contribution in [2.75, 3.05) is 6.54 Å². The average molecular weight is 291 g/mol. The van der Waals surface area contributed by atoms with Gasteiger partial charge in [-0.05, 0) is 31.2 Å². The van der Waals surface area contributed by atoms with E-state index >= 15 is 0 Å². The molecule has 2 aromatic rings. The number of aromatic nitrogens is 1. The summed E-state index contributed by atoms with van der Waals surface area (Å²) in [6, 6.07) is 11.6. The van der Waals surface area contributed by atoms with Gasteiger partial charge in [0.2, 0.25) is 0 Å². The maximum atomic E-state index is 6.24. The van der Waals surface area contributed by atoms with E-state index in [0.717, 1.165) is 36.5 Å². The van der Waals surface area contributed by atoms with E-state index in [-0.39, 0.29) is 0 Å². The third-order valence-corrected chi connectivity index (χ3v) is 3.18. The van der Waals surface area contributed by atoms with Gasteiger partial charge in [-0.25, -0.2) is 0 Å². The molecule has 0 fully saturated rings. The molecule has 0 amide bonds. The van der Waals surface area contributed by atoms with Crippen molar-refractivity contribution >= 4 is 11.6 Å². The lowest BCUT2D eigenvalue weighted by molar-refractivity contribution is 0.297. The molecular formula is C16H19ClN2O. The number of hydrogen-bond donors (Lipinski definition) is 1. The number of nitrogens with one attached hydrogen (secondary N) is 1. The molecule has 0 atom stereocenters. The zero-order valence-corrected chi connectivity index (χ0v) is 12.4. The number of halogens is 1. The van der Waals surface area contributed by atoms with E-state index in [2.05, 4.69) is 17.2 Å². The molecule has 1 heterocycles. The van der Waals surface area contributed by atoms with Gasteiger partial charge >= 0.3 is 0 Å². The molecule has 1 aromatic heterocycles. The summed E-state index contributed by atoms with van der Waals surface area (Å²) in [6.45, 7) is 4.30. The van der Waals surface area contributed by atoms with Crippen molar-refractivity contribution in [1.29, 1.82) is 0 Å². The zero-order valence-electron chi connectivity index (χ0n) is 11.6. The molecular weight excluding hydrogens is 272 g/mol. The SMILES string of the molecule is CCCNCc1cccc(Cl)c1OCc1ccccn1. The summed E-state index contributed by atoms with van der Waals surface area (Å²) >= 11 is 6.24. The average Bonchev–Trinajstić information content (AvgIpc) is 2.48. The number of rotatable bonds is 7. The van der Waals surface area contributed by atoms with Gasteiger partial charge in [0.15, 0.2) is 0 Å². The molecule has 0 saturated heterocycles. The number of benzene rings is 1. The Morgan fingerprint density at radius 3 is 2.85 bits per heavy atom. The van der Waals surface area contributed by atoms with E-state index in [9.17, 15) is 0 Å². The Morgan fingerprint density at radius 1 is 1.20 bits per heavy atom. The molecule has 0 aliphatic carbocycles. The smallest absolute Gasteiger partial charge is 0.142 e. The number of pyridine rings is 1. The quantitative estimate of drug-likeness (QED) is 0.787. The van der Waals surface area contributed by atoms with Crippen LogP contribution < -0.4 is 10.1 Å². The Kier molecular flexibility index (Phi) is 5.84. The molecule has 0 aliphatic heterocycles. The largest absolute Gasteiger partial charge is 0.485 e. The Morgan fingerprint density at radius 2 is 2.10 bits per heavy atom. The van der Waals surface area contributed by atoms with Gasteiger partial charge in [-0.15, -0.1) is 0 Å². The minimum atomic E-state index is 0.422.